The van der Waals surface area contributed by atoms with Crippen molar-refractivity contribution in [1.29, 1.82) is 0 Å². The van der Waals surface area contributed by atoms with Crippen molar-refractivity contribution in [1.82, 2.24) is 19.5 Å². The Balaban J connectivity index is 1.70. The summed E-state index contributed by atoms with van der Waals surface area (Å²) < 4.78 is 27.3. The van der Waals surface area contributed by atoms with Crippen molar-refractivity contribution < 1.29 is 8.42 Å². The molecule has 2 aliphatic rings. The third kappa shape index (κ3) is 2.75. The average Bonchev–Trinajstić information content (AvgIpc) is 2.37. The minimum Gasteiger partial charge on any atom is -0.314 e. The van der Waals surface area contributed by atoms with Gasteiger partial charge in [0.2, 0.25) is 10.0 Å². The molecule has 0 bridgehead atoms. The topological polar surface area (TPSA) is 65.5 Å². The van der Waals surface area contributed by atoms with Gasteiger partial charge in [0.1, 0.15) is 4.90 Å². The van der Waals surface area contributed by atoms with E-state index in [1.165, 1.54) is 6.20 Å². The van der Waals surface area contributed by atoms with Crippen LogP contribution in [0.4, 0.5) is 0 Å². The van der Waals surface area contributed by atoms with Crippen LogP contribution in [0.2, 0.25) is 0 Å². The molecule has 6 nitrogen and oxygen atoms in total. The van der Waals surface area contributed by atoms with E-state index in [9.17, 15) is 8.42 Å². The van der Waals surface area contributed by atoms with Gasteiger partial charge >= 0.3 is 0 Å². The monoisotopic (exact) mass is 360 g/mol. The first-order valence-electron chi connectivity index (χ1n) is 6.63. The second-order valence-corrected chi connectivity index (χ2v) is 7.94. The summed E-state index contributed by atoms with van der Waals surface area (Å²) >= 11 is 3.26. The lowest BCUT2D eigenvalue weighted by molar-refractivity contribution is 0.103. The molecule has 0 saturated carbocycles. The molecule has 0 amide bonds. The van der Waals surface area contributed by atoms with Gasteiger partial charge < -0.3 is 5.32 Å². The first-order chi connectivity index (χ1) is 9.57. The summed E-state index contributed by atoms with van der Waals surface area (Å²) in [6.45, 7) is 4.72. The van der Waals surface area contributed by atoms with Gasteiger partial charge in [-0.25, -0.2) is 8.42 Å². The molecule has 2 fully saturated rings. The molecule has 3 heterocycles. The molecule has 0 atom stereocenters. The Morgan fingerprint density at radius 3 is 2.45 bits per heavy atom. The molecule has 20 heavy (non-hydrogen) atoms. The number of piperazine rings is 1. The lowest BCUT2D eigenvalue weighted by Gasteiger charge is -2.42. The van der Waals surface area contributed by atoms with Crippen LogP contribution in [0.1, 0.15) is 0 Å². The number of hydrogen-bond donors (Lipinski definition) is 1. The SMILES string of the molecule is O=S(=O)(c1cncc(Br)c1)N1CCN(C2CNC2)CC1. The van der Waals surface area contributed by atoms with Crippen LogP contribution in [0.3, 0.4) is 0 Å². The predicted molar refractivity (Wildman–Crippen MR) is 78.9 cm³/mol. The summed E-state index contributed by atoms with van der Waals surface area (Å²) in [6.07, 6.45) is 2.99. The normalized spacial score (nSPS) is 22.6. The Morgan fingerprint density at radius 1 is 1.20 bits per heavy atom. The van der Waals surface area contributed by atoms with Crippen molar-refractivity contribution in [3.8, 4) is 0 Å². The molecule has 1 aromatic heterocycles. The number of aromatic nitrogens is 1. The highest BCUT2D eigenvalue weighted by Crippen LogP contribution is 2.20. The number of nitrogens with one attached hydrogen (secondary N) is 1. The third-order valence-electron chi connectivity index (χ3n) is 3.87. The summed E-state index contributed by atoms with van der Waals surface area (Å²) in [5.41, 5.74) is 0. The van der Waals surface area contributed by atoms with Crippen LogP contribution in [0, 0.1) is 0 Å². The maximum atomic E-state index is 12.5. The van der Waals surface area contributed by atoms with Gasteiger partial charge in [0.25, 0.3) is 0 Å². The molecule has 0 spiro atoms. The van der Waals surface area contributed by atoms with Gasteiger partial charge in [-0.3, -0.25) is 9.88 Å². The molecule has 0 radical (unpaired) electrons. The molecule has 0 aromatic carbocycles. The Kier molecular flexibility index (Phi) is 4.09. The highest BCUT2D eigenvalue weighted by Gasteiger charge is 2.32. The molecule has 2 aliphatic heterocycles. The Hall–Kier alpha value is -0.540. The number of rotatable bonds is 3. The number of hydrogen-bond acceptors (Lipinski definition) is 5. The van der Waals surface area contributed by atoms with Crippen molar-refractivity contribution in [2.75, 3.05) is 39.3 Å². The van der Waals surface area contributed by atoms with Gasteiger partial charge in [0, 0.05) is 62.2 Å². The van der Waals surface area contributed by atoms with E-state index in [1.807, 2.05) is 0 Å². The van der Waals surface area contributed by atoms with E-state index in [0.717, 1.165) is 26.2 Å². The smallest absolute Gasteiger partial charge is 0.244 e. The van der Waals surface area contributed by atoms with E-state index < -0.39 is 10.0 Å². The fraction of sp³-hybridized carbons (Fsp3) is 0.583. The minimum absolute atomic E-state index is 0.255. The second kappa shape index (κ2) is 5.69. The maximum absolute atomic E-state index is 12.5. The van der Waals surface area contributed by atoms with Gasteiger partial charge in [-0.15, -0.1) is 0 Å². The van der Waals surface area contributed by atoms with Crippen LogP contribution >= 0.6 is 15.9 Å². The van der Waals surface area contributed by atoms with Gasteiger partial charge in [0.15, 0.2) is 0 Å². The molecule has 0 aliphatic carbocycles. The number of pyridine rings is 1. The van der Waals surface area contributed by atoms with Gasteiger partial charge in [-0.1, -0.05) is 0 Å². The summed E-state index contributed by atoms with van der Waals surface area (Å²) in [7, 11) is -3.42. The van der Waals surface area contributed by atoms with E-state index in [-0.39, 0.29) is 4.90 Å². The Labute approximate surface area is 127 Å². The zero-order valence-electron chi connectivity index (χ0n) is 11.0. The molecule has 1 aromatic rings. The van der Waals surface area contributed by atoms with Crippen LogP contribution in [0.5, 0.6) is 0 Å². The zero-order chi connectivity index (χ0) is 14.2. The average molecular weight is 361 g/mol. The van der Waals surface area contributed by atoms with Crippen LogP contribution in [-0.2, 0) is 10.0 Å². The Morgan fingerprint density at radius 2 is 1.90 bits per heavy atom. The maximum Gasteiger partial charge on any atom is 0.244 e. The largest absolute Gasteiger partial charge is 0.314 e. The van der Waals surface area contributed by atoms with Crippen molar-refractivity contribution in [2.24, 2.45) is 0 Å². The van der Waals surface area contributed by atoms with Crippen LogP contribution in [0.15, 0.2) is 27.8 Å². The summed E-state index contributed by atoms with van der Waals surface area (Å²) in [5.74, 6) is 0. The summed E-state index contributed by atoms with van der Waals surface area (Å²) in [6, 6.07) is 2.18. The molecule has 0 unspecified atom stereocenters. The fourth-order valence-electron chi connectivity index (χ4n) is 2.52. The number of nitrogens with zero attached hydrogens (tertiary/aromatic N) is 3. The van der Waals surface area contributed by atoms with E-state index in [0.29, 0.717) is 23.6 Å². The first kappa shape index (κ1) is 14.4. The van der Waals surface area contributed by atoms with Crippen molar-refractivity contribution in [2.45, 2.75) is 10.9 Å². The van der Waals surface area contributed by atoms with Gasteiger partial charge in [-0.05, 0) is 22.0 Å². The van der Waals surface area contributed by atoms with Crippen molar-refractivity contribution in [3.63, 3.8) is 0 Å². The summed E-state index contributed by atoms with van der Waals surface area (Å²) in [5, 5.41) is 3.25. The molecule has 8 heteroatoms. The van der Waals surface area contributed by atoms with Crippen molar-refractivity contribution >= 4 is 26.0 Å². The van der Waals surface area contributed by atoms with E-state index in [1.54, 1.807) is 16.6 Å². The van der Waals surface area contributed by atoms with Crippen LogP contribution in [-0.4, -0.2) is 67.9 Å². The zero-order valence-corrected chi connectivity index (χ0v) is 13.4. The number of sulfonamides is 1. The van der Waals surface area contributed by atoms with Crippen LogP contribution in [0.25, 0.3) is 0 Å². The van der Waals surface area contributed by atoms with Crippen LogP contribution < -0.4 is 5.32 Å². The molecule has 110 valence electrons. The molecular formula is C12H17BrN4O2S. The Bertz CT molecular complexity index is 583. The highest BCUT2D eigenvalue weighted by atomic mass is 79.9. The van der Waals surface area contributed by atoms with Gasteiger partial charge in [-0.2, -0.15) is 4.31 Å². The van der Waals surface area contributed by atoms with E-state index in [4.69, 9.17) is 0 Å². The standard InChI is InChI=1S/C12H17BrN4O2S/c13-10-5-12(9-14-6-10)20(18,19)17-3-1-16(2-4-17)11-7-15-8-11/h5-6,9,11,15H,1-4,7-8H2. The molecular weight excluding hydrogens is 344 g/mol. The van der Waals surface area contributed by atoms with Crippen molar-refractivity contribution in [3.05, 3.63) is 22.9 Å². The summed E-state index contributed by atoms with van der Waals surface area (Å²) in [4.78, 5) is 6.56. The molecule has 1 N–H and O–H groups in total. The molecule has 2 saturated heterocycles. The fourth-order valence-corrected chi connectivity index (χ4v) is 4.45. The van der Waals surface area contributed by atoms with E-state index in [2.05, 4.69) is 31.1 Å². The predicted octanol–water partition coefficient (Wildman–Crippen LogP) is 0.122. The lowest BCUT2D eigenvalue weighted by atomic mass is 10.1. The first-order valence-corrected chi connectivity index (χ1v) is 8.86. The lowest BCUT2D eigenvalue weighted by Crippen LogP contribution is -2.62. The van der Waals surface area contributed by atoms with E-state index >= 15 is 0 Å². The van der Waals surface area contributed by atoms with Gasteiger partial charge in [0.05, 0.1) is 0 Å². The third-order valence-corrected chi connectivity index (χ3v) is 6.16. The highest BCUT2D eigenvalue weighted by molar-refractivity contribution is 9.10. The molecule has 3 rings (SSSR count). The minimum atomic E-state index is -3.42. The second-order valence-electron chi connectivity index (χ2n) is 5.09. The quantitative estimate of drug-likeness (QED) is 0.829. The number of halogens is 1.